The van der Waals surface area contributed by atoms with E-state index in [1.807, 2.05) is 48.6 Å². The Balaban J connectivity index is 0.00000157. The number of aromatic amines is 2. The number of nitrogens with zero attached hydrogens (tertiary/aromatic N) is 2. The lowest BCUT2D eigenvalue weighted by Crippen LogP contribution is -1.75. The molecule has 0 spiro atoms. The first-order valence-electron chi connectivity index (χ1n) is 7.85. The quantitative estimate of drug-likeness (QED) is 0.381. The van der Waals surface area contributed by atoms with E-state index in [1.165, 1.54) is 0 Å². The Hall–Kier alpha value is -3.44. The first kappa shape index (κ1) is 15.1. The van der Waals surface area contributed by atoms with E-state index in [2.05, 4.69) is 44.2 Å². The summed E-state index contributed by atoms with van der Waals surface area (Å²) in [6.45, 7) is 0. The summed E-state index contributed by atoms with van der Waals surface area (Å²) >= 11 is 0. The molecule has 3 aromatic rings. The van der Waals surface area contributed by atoms with Gasteiger partial charge in [-0.3, -0.25) is 0 Å². The van der Waals surface area contributed by atoms with E-state index >= 15 is 0 Å². The molecule has 8 bridgehead atoms. The van der Waals surface area contributed by atoms with Crippen LogP contribution in [0.2, 0.25) is 0 Å². The lowest BCUT2D eigenvalue weighted by atomic mass is 10.3. The number of hydrogen-bond donors (Lipinski definition) is 3. The fraction of sp³-hybridized carbons (Fsp3) is 0. The topological polar surface area (TPSA) is 92.4 Å². The second-order valence-electron chi connectivity index (χ2n) is 5.91. The molecule has 0 saturated heterocycles. The van der Waals surface area contributed by atoms with Crippen molar-refractivity contribution in [1.29, 1.82) is 0 Å². The molecule has 0 radical (unpaired) electrons. The number of aromatic nitrogens is 4. The first-order valence-corrected chi connectivity index (χ1v) is 7.85. The molecule has 0 aliphatic carbocycles. The summed E-state index contributed by atoms with van der Waals surface area (Å²) in [4.78, 5) is 16.0. The van der Waals surface area contributed by atoms with Crippen LogP contribution in [0, 0.1) is 0 Å². The molecule has 0 fully saturated rings. The van der Waals surface area contributed by atoms with Crippen LogP contribution in [0.5, 0.6) is 0 Å². The maximum absolute atomic E-state index is 4.63. The third-order valence-corrected chi connectivity index (χ3v) is 4.04. The Morgan fingerprint density at radius 2 is 0.760 bits per heavy atom. The third-order valence-electron chi connectivity index (χ3n) is 4.04. The van der Waals surface area contributed by atoms with Gasteiger partial charge in [-0.15, -0.1) is 0 Å². The normalized spacial score (nSPS) is 12.2. The van der Waals surface area contributed by atoms with Crippen molar-refractivity contribution in [3.05, 3.63) is 71.3 Å². The Labute approximate surface area is 144 Å². The molecule has 5 rings (SSSR count). The zero-order chi connectivity index (χ0) is 15.9. The van der Waals surface area contributed by atoms with Crippen molar-refractivity contribution in [1.82, 2.24) is 26.1 Å². The summed E-state index contributed by atoms with van der Waals surface area (Å²) in [7, 11) is 0. The molecule has 0 saturated carbocycles. The molecule has 5 nitrogen and oxygen atoms in total. The van der Waals surface area contributed by atoms with Crippen molar-refractivity contribution >= 4 is 46.4 Å². The summed E-state index contributed by atoms with van der Waals surface area (Å²) in [5, 5.41) is 0. The molecule has 2 aliphatic heterocycles. The summed E-state index contributed by atoms with van der Waals surface area (Å²) < 4.78 is 0. The van der Waals surface area contributed by atoms with Gasteiger partial charge < -0.3 is 16.1 Å². The van der Waals surface area contributed by atoms with Gasteiger partial charge in [0.2, 0.25) is 0 Å². The number of nitrogens with one attached hydrogen (secondary N) is 2. The molecule has 25 heavy (non-hydrogen) atoms. The van der Waals surface area contributed by atoms with Crippen molar-refractivity contribution in [3.8, 4) is 0 Å². The van der Waals surface area contributed by atoms with Crippen LogP contribution in [0.3, 0.4) is 0 Å². The van der Waals surface area contributed by atoms with Gasteiger partial charge in [-0.2, -0.15) is 0 Å². The van der Waals surface area contributed by atoms with Gasteiger partial charge in [0.25, 0.3) is 0 Å². The fourth-order valence-electron chi connectivity index (χ4n) is 2.94. The van der Waals surface area contributed by atoms with Gasteiger partial charge in [0.05, 0.1) is 22.8 Å². The van der Waals surface area contributed by atoms with Gasteiger partial charge >= 0.3 is 0 Å². The highest BCUT2D eigenvalue weighted by atomic mass is 14.8. The number of rotatable bonds is 0. The van der Waals surface area contributed by atoms with E-state index in [0.717, 1.165) is 44.8 Å². The number of fused-ring (bicyclic) bond motifs is 8. The SMILES string of the molecule is C1=Cc2cc3ccc(cc4nc(cc5ccc(cc1n2)[nH]5)C=C4)[nH]3.N. The Morgan fingerprint density at radius 1 is 0.480 bits per heavy atom. The van der Waals surface area contributed by atoms with Crippen LogP contribution in [-0.4, -0.2) is 19.9 Å². The van der Waals surface area contributed by atoms with Crippen molar-refractivity contribution in [2.45, 2.75) is 0 Å². The zero-order valence-electron chi connectivity index (χ0n) is 13.5. The third kappa shape index (κ3) is 3.00. The number of H-pyrrole nitrogens is 2. The highest BCUT2D eigenvalue weighted by molar-refractivity contribution is 5.77. The summed E-state index contributed by atoms with van der Waals surface area (Å²) in [5.41, 5.74) is 7.86. The average molecular weight is 327 g/mol. The maximum atomic E-state index is 4.63. The van der Waals surface area contributed by atoms with Crippen molar-refractivity contribution in [3.63, 3.8) is 0 Å². The maximum Gasteiger partial charge on any atom is 0.0658 e. The van der Waals surface area contributed by atoms with Crippen molar-refractivity contribution in [2.75, 3.05) is 0 Å². The van der Waals surface area contributed by atoms with Crippen LogP contribution < -0.4 is 6.15 Å². The van der Waals surface area contributed by atoms with Gasteiger partial charge in [-0.05, 0) is 72.8 Å². The summed E-state index contributed by atoms with van der Waals surface area (Å²) in [6.07, 6.45) is 8.09. The first-order chi connectivity index (χ1) is 11.8. The van der Waals surface area contributed by atoms with Crippen molar-refractivity contribution in [2.24, 2.45) is 0 Å². The number of hydrogen-bond acceptors (Lipinski definition) is 3. The van der Waals surface area contributed by atoms with Crippen molar-refractivity contribution < 1.29 is 0 Å². The van der Waals surface area contributed by atoms with Crippen LogP contribution in [0.25, 0.3) is 46.4 Å². The largest absolute Gasteiger partial charge is 0.355 e. The Kier molecular flexibility index (Phi) is 3.56. The predicted molar refractivity (Wildman–Crippen MR) is 104 cm³/mol. The molecule has 0 unspecified atom stereocenters. The van der Waals surface area contributed by atoms with Gasteiger partial charge in [-0.1, -0.05) is 0 Å². The highest BCUT2D eigenvalue weighted by Crippen LogP contribution is 2.16. The van der Waals surface area contributed by atoms with Gasteiger partial charge in [0.15, 0.2) is 0 Å². The second-order valence-corrected chi connectivity index (χ2v) is 5.91. The van der Waals surface area contributed by atoms with Crippen LogP contribution in [0.15, 0.2) is 48.5 Å². The van der Waals surface area contributed by atoms with Gasteiger partial charge in [0.1, 0.15) is 0 Å². The second kappa shape index (κ2) is 5.89. The van der Waals surface area contributed by atoms with Gasteiger partial charge in [-0.25, -0.2) is 9.97 Å². The van der Waals surface area contributed by atoms with Crippen LogP contribution in [0.4, 0.5) is 0 Å². The molecular formula is C20H17N5. The molecule has 0 atom stereocenters. The average Bonchev–Trinajstić information content (AvgIpc) is 3.32. The van der Waals surface area contributed by atoms with Crippen LogP contribution in [0.1, 0.15) is 22.8 Å². The standard InChI is InChI=1S/C20H14N4.H3N/c1-2-14-10-16-5-6-18(23-16)12-20-8-7-19(24-20)11-17-4-3-15(22-17)9-13(1)21-14;/h1-12,21,24H;1H3. The fourth-order valence-corrected chi connectivity index (χ4v) is 2.94. The molecule has 0 amide bonds. The smallest absolute Gasteiger partial charge is 0.0658 e. The Bertz CT molecular complexity index is 987. The molecule has 0 aromatic carbocycles. The summed E-state index contributed by atoms with van der Waals surface area (Å²) in [5.74, 6) is 0. The van der Waals surface area contributed by atoms with E-state index in [0.29, 0.717) is 0 Å². The van der Waals surface area contributed by atoms with Gasteiger partial charge in [0, 0.05) is 22.1 Å². The predicted octanol–water partition coefficient (Wildman–Crippen LogP) is 4.82. The van der Waals surface area contributed by atoms with Crippen LogP contribution in [-0.2, 0) is 0 Å². The molecule has 5 heterocycles. The molecular weight excluding hydrogens is 310 g/mol. The molecule has 2 aliphatic rings. The minimum Gasteiger partial charge on any atom is -0.355 e. The van der Waals surface area contributed by atoms with E-state index in [4.69, 9.17) is 0 Å². The van der Waals surface area contributed by atoms with E-state index in [9.17, 15) is 0 Å². The monoisotopic (exact) mass is 327 g/mol. The van der Waals surface area contributed by atoms with Crippen LogP contribution >= 0.6 is 0 Å². The van der Waals surface area contributed by atoms with E-state index in [1.54, 1.807) is 0 Å². The minimum atomic E-state index is 0. The summed E-state index contributed by atoms with van der Waals surface area (Å²) in [6, 6.07) is 16.4. The lowest BCUT2D eigenvalue weighted by Gasteiger charge is -1.85. The molecule has 122 valence electrons. The van der Waals surface area contributed by atoms with E-state index in [-0.39, 0.29) is 6.15 Å². The van der Waals surface area contributed by atoms with E-state index < -0.39 is 0 Å². The lowest BCUT2D eigenvalue weighted by molar-refractivity contribution is 1.31. The minimum absolute atomic E-state index is 0. The molecule has 5 heteroatoms. The molecule has 5 N–H and O–H groups in total. The highest BCUT2D eigenvalue weighted by Gasteiger charge is 2.00. The molecule has 3 aromatic heterocycles. The Morgan fingerprint density at radius 3 is 1.04 bits per heavy atom. The zero-order valence-corrected chi connectivity index (χ0v) is 13.5.